The number of fused-ring (bicyclic) bond motifs is 4. The Morgan fingerprint density at radius 2 is 1.78 bits per heavy atom. The van der Waals surface area contributed by atoms with E-state index in [9.17, 15) is 14.7 Å². The van der Waals surface area contributed by atoms with Gasteiger partial charge in [-0.15, -0.1) is 0 Å². The van der Waals surface area contributed by atoms with Gasteiger partial charge in [-0.05, 0) is 72.8 Å². The second kappa shape index (κ2) is 11.1. The van der Waals surface area contributed by atoms with Crippen molar-refractivity contribution in [3.8, 4) is 0 Å². The average Bonchev–Trinajstić information content (AvgIpc) is 3.27. The summed E-state index contributed by atoms with van der Waals surface area (Å²) in [5.41, 5.74) is 5.72. The number of urea groups is 1. The van der Waals surface area contributed by atoms with Gasteiger partial charge in [-0.25, -0.2) is 4.79 Å². The lowest BCUT2D eigenvalue weighted by Crippen LogP contribution is -2.52. The summed E-state index contributed by atoms with van der Waals surface area (Å²) in [6, 6.07) is 8.48. The Morgan fingerprint density at radius 1 is 1.02 bits per heavy atom. The van der Waals surface area contributed by atoms with E-state index in [1.54, 1.807) is 11.1 Å². The maximum Gasteiger partial charge on any atom is 0.315 e. The molecule has 3 saturated carbocycles. The fourth-order valence-electron chi connectivity index (χ4n) is 8.86. The van der Waals surface area contributed by atoms with Crippen molar-refractivity contribution in [2.75, 3.05) is 19.8 Å². The number of hydrogen-bond acceptors (Lipinski definition) is 5. The molecule has 0 aromatic heterocycles. The van der Waals surface area contributed by atoms with Gasteiger partial charge in [0, 0.05) is 43.7 Å². The molecule has 3 N–H and O–H groups in total. The molecule has 7 nitrogen and oxygen atoms in total. The van der Waals surface area contributed by atoms with E-state index in [4.69, 9.17) is 9.47 Å². The normalized spacial score (nSPS) is 35.3. The smallest absolute Gasteiger partial charge is 0.315 e. The van der Waals surface area contributed by atoms with E-state index in [1.807, 2.05) is 0 Å². The van der Waals surface area contributed by atoms with E-state index < -0.39 is 5.79 Å². The minimum atomic E-state index is -0.423. The molecule has 224 valence electrons. The first-order valence-corrected chi connectivity index (χ1v) is 15.9. The third kappa shape index (κ3) is 5.50. The minimum absolute atomic E-state index is 0.0525. The summed E-state index contributed by atoms with van der Waals surface area (Å²) >= 11 is 0. The summed E-state index contributed by atoms with van der Waals surface area (Å²) in [7, 11) is 0. The number of amides is 2. The SMILES string of the molecule is CC1(C)COC2(CCC3=C4C(c5ccc(CNC(=O)NCCC=O)cc5)CC5(C)C(O)CCC5C4CCC3C2)OC1. The van der Waals surface area contributed by atoms with E-state index in [0.717, 1.165) is 63.6 Å². The Kier molecular flexibility index (Phi) is 7.84. The number of carbonyl (C=O) groups is 2. The molecule has 1 heterocycles. The largest absolute Gasteiger partial charge is 0.393 e. The molecule has 6 atom stereocenters. The molecule has 0 bridgehead atoms. The topological polar surface area (TPSA) is 96.9 Å². The molecular formula is C34H48N2O5. The molecule has 2 amide bonds. The highest BCUT2D eigenvalue weighted by molar-refractivity contribution is 5.74. The van der Waals surface area contributed by atoms with Crippen LogP contribution in [0.3, 0.4) is 0 Å². The molecule has 6 rings (SSSR count). The number of aliphatic hydroxyl groups excluding tert-OH is 1. The van der Waals surface area contributed by atoms with Crippen molar-refractivity contribution in [2.45, 2.75) is 103 Å². The monoisotopic (exact) mass is 564 g/mol. The van der Waals surface area contributed by atoms with E-state index >= 15 is 0 Å². The standard InChI is InChI=1S/C34H48N2O5/c1-32(2)20-40-34(41-21-32)14-13-25-24(17-34)9-10-26-28-11-12-29(38)33(28,3)18-27(30(25)26)23-7-5-22(6-8-23)19-36-31(39)35-15-4-16-37/h5-8,16,24,26-29,38H,4,9-15,17-21H2,1-3H3,(H2,35,36,39). The van der Waals surface area contributed by atoms with Crippen molar-refractivity contribution in [3.05, 3.63) is 46.5 Å². The summed E-state index contributed by atoms with van der Waals surface area (Å²) in [5.74, 6) is 1.49. The average molecular weight is 565 g/mol. The molecule has 1 spiro atoms. The van der Waals surface area contributed by atoms with E-state index in [2.05, 4.69) is 55.7 Å². The zero-order valence-electron chi connectivity index (χ0n) is 25.0. The molecule has 5 aliphatic rings. The van der Waals surface area contributed by atoms with Crippen LogP contribution in [0.5, 0.6) is 0 Å². The van der Waals surface area contributed by atoms with Crippen LogP contribution in [0.15, 0.2) is 35.4 Å². The van der Waals surface area contributed by atoms with Gasteiger partial charge in [0.1, 0.15) is 6.29 Å². The second-order valence-electron chi connectivity index (χ2n) is 14.5. The maximum atomic E-state index is 12.0. The third-order valence-corrected chi connectivity index (χ3v) is 11.1. The van der Waals surface area contributed by atoms with Crippen molar-refractivity contribution in [1.29, 1.82) is 0 Å². The molecule has 1 aromatic rings. The van der Waals surface area contributed by atoms with Crippen LogP contribution in [-0.2, 0) is 20.8 Å². The van der Waals surface area contributed by atoms with Gasteiger partial charge < -0.3 is 30.0 Å². The van der Waals surface area contributed by atoms with Crippen LogP contribution in [0.4, 0.5) is 4.79 Å². The summed E-state index contributed by atoms with van der Waals surface area (Å²) in [5, 5.41) is 16.8. The fraction of sp³-hybridized carbons (Fsp3) is 0.706. The molecule has 0 radical (unpaired) electrons. The number of rotatable bonds is 6. The number of aldehydes is 1. The molecule has 1 aromatic carbocycles. The quantitative estimate of drug-likeness (QED) is 0.237. The zero-order valence-corrected chi connectivity index (χ0v) is 25.0. The van der Waals surface area contributed by atoms with Crippen molar-refractivity contribution in [1.82, 2.24) is 10.6 Å². The van der Waals surface area contributed by atoms with E-state index in [0.29, 0.717) is 43.2 Å². The van der Waals surface area contributed by atoms with Crippen LogP contribution in [0, 0.1) is 28.6 Å². The number of nitrogens with one attached hydrogen (secondary N) is 2. The van der Waals surface area contributed by atoms with Crippen LogP contribution in [0.1, 0.15) is 95.6 Å². The van der Waals surface area contributed by atoms with E-state index in [1.165, 1.54) is 18.4 Å². The van der Waals surface area contributed by atoms with Crippen LogP contribution in [-0.4, -0.2) is 49.1 Å². The highest BCUT2D eigenvalue weighted by Gasteiger charge is 2.57. The van der Waals surface area contributed by atoms with Gasteiger partial charge in [0.2, 0.25) is 0 Å². The molecule has 6 unspecified atom stereocenters. The predicted octanol–water partition coefficient (Wildman–Crippen LogP) is 5.62. The number of carbonyl (C=O) groups excluding carboxylic acids is 2. The number of ether oxygens (including phenoxy) is 2. The highest BCUT2D eigenvalue weighted by atomic mass is 16.7. The van der Waals surface area contributed by atoms with Gasteiger partial charge in [0.25, 0.3) is 0 Å². The van der Waals surface area contributed by atoms with Gasteiger partial charge in [-0.1, -0.05) is 56.2 Å². The Bertz CT molecular complexity index is 1170. The molecule has 41 heavy (non-hydrogen) atoms. The second-order valence-corrected chi connectivity index (χ2v) is 14.5. The molecular weight excluding hydrogens is 516 g/mol. The lowest BCUT2D eigenvalue weighted by atomic mass is 9.52. The zero-order chi connectivity index (χ0) is 28.8. The highest BCUT2D eigenvalue weighted by Crippen LogP contribution is 2.65. The Balaban J connectivity index is 1.25. The number of aliphatic hydroxyl groups is 1. The molecule has 4 fully saturated rings. The van der Waals surface area contributed by atoms with Crippen molar-refractivity contribution < 1.29 is 24.2 Å². The summed E-state index contributed by atoms with van der Waals surface area (Å²) in [6.45, 7) is 9.08. The number of hydrogen-bond donors (Lipinski definition) is 3. The van der Waals surface area contributed by atoms with E-state index in [-0.39, 0.29) is 23.0 Å². The number of allylic oxidation sites excluding steroid dienone is 2. The minimum Gasteiger partial charge on any atom is -0.393 e. The Labute approximate surface area is 244 Å². The van der Waals surface area contributed by atoms with Gasteiger partial charge in [-0.2, -0.15) is 0 Å². The summed E-state index contributed by atoms with van der Waals surface area (Å²) < 4.78 is 12.9. The van der Waals surface area contributed by atoms with Crippen molar-refractivity contribution >= 4 is 12.3 Å². The lowest BCUT2D eigenvalue weighted by Gasteiger charge is -2.55. The Hall–Kier alpha value is -2.22. The van der Waals surface area contributed by atoms with Crippen molar-refractivity contribution in [3.63, 3.8) is 0 Å². The first kappa shape index (κ1) is 28.9. The molecule has 7 heteroatoms. The Morgan fingerprint density at radius 3 is 2.51 bits per heavy atom. The van der Waals surface area contributed by atoms with Crippen LogP contribution in [0.2, 0.25) is 0 Å². The first-order chi connectivity index (χ1) is 19.6. The van der Waals surface area contributed by atoms with Crippen LogP contribution >= 0.6 is 0 Å². The van der Waals surface area contributed by atoms with Crippen LogP contribution < -0.4 is 10.6 Å². The number of benzene rings is 1. The molecule has 4 aliphatic carbocycles. The van der Waals surface area contributed by atoms with Gasteiger partial charge in [0.15, 0.2) is 5.79 Å². The maximum absolute atomic E-state index is 12.0. The van der Waals surface area contributed by atoms with Gasteiger partial charge in [0.05, 0.1) is 19.3 Å². The van der Waals surface area contributed by atoms with Crippen LogP contribution in [0.25, 0.3) is 0 Å². The third-order valence-electron chi connectivity index (χ3n) is 11.1. The molecule has 1 saturated heterocycles. The summed E-state index contributed by atoms with van der Waals surface area (Å²) in [6.07, 6.45) is 9.23. The molecule has 1 aliphatic heterocycles. The summed E-state index contributed by atoms with van der Waals surface area (Å²) in [4.78, 5) is 22.5. The van der Waals surface area contributed by atoms with Gasteiger partial charge in [-0.3, -0.25) is 0 Å². The van der Waals surface area contributed by atoms with Crippen molar-refractivity contribution in [2.24, 2.45) is 28.6 Å². The first-order valence-electron chi connectivity index (χ1n) is 15.9. The predicted molar refractivity (Wildman–Crippen MR) is 157 cm³/mol. The lowest BCUT2D eigenvalue weighted by molar-refractivity contribution is -0.312. The fourth-order valence-corrected chi connectivity index (χ4v) is 8.86. The van der Waals surface area contributed by atoms with Gasteiger partial charge >= 0.3 is 6.03 Å².